The van der Waals surface area contributed by atoms with Gasteiger partial charge in [0, 0.05) is 37.6 Å². The number of halogens is 1. The molecule has 0 atom stereocenters. The predicted molar refractivity (Wildman–Crippen MR) is 84.3 cm³/mol. The van der Waals surface area contributed by atoms with Gasteiger partial charge in [0.2, 0.25) is 0 Å². The van der Waals surface area contributed by atoms with Crippen LogP contribution in [0.25, 0.3) is 0 Å². The SMILES string of the molecule is CN(CCc1ccncc1)C(=O)NCc1ccc(Cl)cc1. The Morgan fingerprint density at radius 1 is 1.14 bits per heavy atom. The number of amides is 2. The van der Waals surface area contributed by atoms with Gasteiger partial charge in [0.15, 0.2) is 0 Å². The summed E-state index contributed by atoms with van der Waals surface area (Å²) in [4.78, 5) is 17.6. The normalized spacial score (nSPS) is 10.2. The predicted octanol–water partition coefficient (Wildman–Crippen LogP) is 3.12. The Morgan fingerprint density at radius 3 is 2.48 bits per heavy atom. The van der Waals surface area contributed by atoms with Crippen molar-refractivity contribution in [3.63, 3.8) is 0 Å². The van der Waals surface area contributed by atoms with E-state index >= 15 is 0 Å². The number of aromatic nitrogens is 1. The molecule has 110 valence electrons. The highest BCUT2D eigenvalue weighted by atomic mass is 35.5. The Labute approximate surface area is 129 Å². The molecule has 0 radical (unpaired) electrons. The van der Waals surface area contributed by atoms with Gasteiger partial charge in [-0.3, -0.25) is 4.98 Å². The van der Waals surface area contributed by atoms with Gasteiger partial charge in [-0.2, -0.15) is 0 Å². The molecule has 0 saturated heterocycles. The van der Waals surface area contributed by atoms with Crippen molar-refractivity contribution in [2.45, 2.75) is 13.0 Å². The first-order chi connectivity index (χ1) is 10.1. The van der Waals surface area contributed by atoms with Crippen molar-refractivity contribution in [2.24, 2.45) is 0 Å². The summed E-state index contributed by atoms with van der Waals surface area (Å²) in [6, 6.07) is 11.3. The second-order valence-corrected chi connectivity index (χ2v) is 5.25. The molecule has 21 heavy (non-hydrogen) atoms. The molecule has 0 aliphatic heterocycles. The van der Waals surface area contributed by atoms with Crippen LogP contribution in [0.15, 0.2) is 48.8 Å². The zero-order valence-corrected chi connectivity index (χ0v) is 12.7. The summed E-state index contributed by atoms with van der Waals surface area (Å²) in [6.45, 7) is 1.16. The Morgan fingerprint density at radius 2 is 1.81 bits per heavy atom. The van der Waals surface area contributed by atoms with E-state index in [1.54, 1.807) is 24.3 Å². The zero-order valence-electron chi connectivity index (χ0n) is 11.9. The first-order valence-corrected chi connectivity index (χ1v) is 7.15. The average Bonchev–Trinajstić information content (AvgIpc) is 2.52. The summed E-state index contributed by atoms with van der Waals surface area (Å²) in [5.74, 6) is 0. The van der Waals surface area contributed by atoms with E-state index < -0.39 is 0 Å². The molecular weight excluding hydrogens is 286 g/mol. The van der Waals surface area contributed by atoms with E-state index in [1.807, 2.05) is 36.4 Å². The fraction of sp³-hybridized carbons (Fsp3) is 0.250. The zero-order chi connectivity index (χ0) is 15.1. The van der Waals surface area contributed by atoms with Gasteiger partial charge in [-0.05, 0) is 41.8 Å². The summed E-state index contributed by atoms with van der Waals surface area (Å²) in [6.07, 6.45) is 4.33. The van der Waals surface area contributed by atoms with Crippen LogP contribution in [0.3, 0.4) is 0 Å². The van der Waals surface area contributed by atoms with Crippen molar-refractivity contribution in [1.82, 2.24) is 15.2 Å². The number of carbonyl (C=O) groups is 1. The molecule has 2 rings (SSSR count). The molecule has 2 amide bonds. The third kappa shape index (κ3) is 5.08. The minimum atomic E-state index is -0.0843. The number of nitrogens with zero attached hydrogens (tertiary/aromatic N) is 2. The molecule has 2 aromatic rings. The van der Waals surface area contributed by atoms with Gasteiger partial charge < -0.3 is 10.2 Å². The van der Waals surface area contributed by atoms with Gasteiger partial charge in [-0.25, -0.2) is 4.79 Å². The van der Waals surface area contributed by atoms with E-state index in [-0.39, 0.29) is 6.03 Å². The van der Waals surface area contributed by atoms with Crippen LogP contribution >= 0.6 is 11.6 Å². The number of benzene rings is 1. The van der Waals surface area contributed by atoms with Crippen LogP contribution in [0.5, 0.6) is 0 Å². The number of pyridine rings is 1. The molecule has 5 heteroatoms. The monoisotopic (exact) mass is 303 g/mol. The highest BCUT2D eigenvalue weighted by Crippen LogP contribution is 2.09. The standard InChI is InChI=1S/C16H18ClN3O/c1-20(11-8-13-6-9-18-10-7-13)16(21)19-12-14-2-4-15(17)5-3-14/h2-7,9-10H,8,11-12H2,1H3,(H,19,21). The number of urea groups is 1. The highest BCUT2D eigenvalue weighted by Gasteiger charge is 2.07. The lowest BCUT2D eigenvalue weighted by molar-refractivity contribution is 0.209. The molecular formula is C16H18ClN3O. The summed E-state index contributed by atoms with van der Waals surface area (Å²) in [5.41, 5.74) is 2.19. The van der Waals surface area contributed by atoms with Crippen LogP contribution in [0, 0.1) is 0 Å². The number of nitrogens with one attached hydrogen (secondary N) is 1. The largest absolute Gasteiger partial charge is 0.334 e. The minimum Gasteiger partial charge on any atom is -0.334 e. The summed E-state index contributed by atoms with van der Waals surface area (Å²) >= 11 is 5.82. The first-order valence-electron chi connectivity index (χ1n) is 6.77. The smallest absolute Gasteiger partial charge is 0.317 e. The third-order valence-corrected chi connectivity index (χ3v) is 3.44. The number of hydrogen-bond donors (Lipinski definition) is 1. The lowest BCUT2D eigenvalue weighted by Gasteiger charge is -2.18. The van der Waals surface area contributed by atoms with Crippen molar-refractivity contribution >= 4 is 17.6 Å². The van der Waals surface area contributed by atoms with Crippen LogP contribution in [-0.4, -0.2) is 29.5 Å². The lowest BCUT2D eigenvalue weighted by Crippen LogP contribution is -2.37. The molecule has 0 fully saturated rings. The third-order valence-electron chi connectivity index (χ3n) is 3.19. The fourth-order valence-corrected chi connectivity index (χ4v) is 1.99. The molecule has 0 saturated carbocycles. The van der Waals surface area contributed by atoms with Crippen molar-refractivity contribution in [2.75, 3.05) is 13.6 Å². The van der Waals surface area contributed by atoms with Crippen molar-refractivity contribution < 1.29 is 4.79 Å². The maximum Gasteiger partial charge on any atom is 0.317 e. The molecule has 1 N–H and O–H groups in total. The number of rotatable bonds is 5. The second kappa shape index (κ2) is 7.64. The molecule has 0 bridgehead atoms. The number of likely N-dealkylation sites (N-methyl/N-ethyl adjacent to an activating group) is 1. The van der Waals surface area contributed by atoms with Gasteiger partial charge in [0.1, 0.15) is 0 Å². The van der Waals surface area contributed by atoms with E-state index in [1.165, 1.54) is 5.56 Å². The Bertz CT molecular complexity index is 572. The first kappa shape index (κ1) is 15.3. The second-order valence-electron chi connectivity index (χ2n) is 4.81. The maximum atomic E-state index is 12.0. The minimum absolute atomic E-state index is 0.0843. The van der Waals surface area contributed by atoms with E-state index in [0.29, 0.717) is 18.1 Å². The molecule has 1 aromatic heterocycles. The van der Waals surface area contributed by atoms with Gasteiger partial charge >= 0.3 is 6.03 Å². The molecule has 1 heterocycles. The number of hydrogen-bond acceptors (Lipinski definition) is 2. The summed E-state index contributed by atoms with van der Waals surface area (Å²) in [7, 11) is 1.79. The van der Waals surface area contributed by atoms with E-state index in [4.69, 9.17) is 11.6 Å². The van der Waals surface area contributed by atoms with E-state index in [2.05, 4.69) is 10.3 Å². The van der Waals surface area contributed by atoms with Gasteiger partial charge in [-0.15, -0.1) is 0 Å². The number of carbonyl (C=O) groups excluding carboxylic acids is 1. The van der Waals surface area contributed by atoms with Crippen molar-refractivity contribution in [1.29, 1.82) is 0 Å². The Kier molecular flexibility index (Phi) is 5.58. The molecule has 0 aliphatic carbocycles. The fourth-order valence-electron chi connectivity index (χ4n) is 1.86. The molecule has 0 aliphatic rings. The van der Waals surface area contributed by atoms with Crippen LogP contribution in [0.4, 0.5) is 4.79 Å². The maximum absolute atomic E-state index is 12.0. The van der Waals surface area contributed by atoms with Gasteiger partial charge in [-0.1, -0.05) is 23.7 Å². The molecule has 0 unspecified atom stereocenters. The van der Waals surface area contributed by atoms with Crippen LogP contribution in [-0.2, 0) is 13.0 Å². The van der Waals surface area contributed by atoms with Crippen LogP contribution < -0.4 is 5.32 Å². The van der Waals surface area contributed by atoms with Gasteiger partial charge in [0.05, 0.1) is 0 Å². The van der Waals surface area contributed by atoms with E-state index in [0.717, 1.165) is 12.0 Å². The quantitative estimate of drug-likeness (QED) is 0.922. The summed E-state index contributed by atoms with van der Waals surface area (Å²) < 4.78 is 0. The van der Waals surface area contributed by atoms with Gasteiger partial charge in [0.25, 0.3) is 0 Å². The van der Waals surface area contributed by atoms with Crippen LogP contribution in [0.2, 0.25) is 5.02 Å². The van der Waals surface area contributed by atoms with Crippen molar-refractivity contribution in [3.8, 4) is 0 Å². The average molecular weight is 304 g/mol. The Hall–Kier alpha value is -2.07. The molecule has 1 aromatic carbocycles. The van der Waals surface area contributed by atoms with E-state index in [9.17, 15) is 4.79 Å². The van der Waals surface area contributed by atoms with Crippen LogP contribution in [0.1, 0.15) is 11.1 Å². The lowest BCUT2D eigenvalue weighted by atomic mass is 10.2. The Balaban J connectivity index is 1.76. The summed E-state index contributed by atoms with van der Waals surface area (Å²) in [5, 5.41) is 3.58. The topological polar surface area (TPSA) is 45.2 Å². The molecule has 0 spiro atoms. The highest BCUT2D eigenvalue weighted by molar-refractivity contribution is 6.30. The van der Waals surface area contributed by atoms with Crippen molar-refractivity contribution in [3.05, 3.63) is 64.9 Å². The molecule has 4 nitrogen and oxygen atoms in total.